The van der Waals surface area contributed by atoms with E-state index in [1.54, 1.807) is 71.9 Å². The number of alkyl carbamates (subject to hydrolysis) is 1. The maximum absolute atomic E-state index is 15.3. The number of hydrogen-bond donors (Lipinski definition) is 2. The largest absolute Gasteiger partial charge is 0.456 e. The summed E-state index contributed by atoms with van der Waals surface area (Å²) in [5, 5.41) is 14.1. The molecule has 0 aliphatic heterocycles. The molecule has 50 heavy (non-hydrogen) atoms. The Morgan fingerprint density at radius 3 is 2.20 bits per heavy atom. The number of ether oxygens (including phenoxy) is 2. The standard InChI is InChI=1S/C38H48F5NO6/c1-20(2)31(44-33(47)50-34(4,5)6)32(46)49-21(3)22-8-10-23(11-9-22)28-19-35(7)29(16-17-36(35,48)37(39,40)38(41,42)43)27-14-12-24-18-25(45)13-15-26(24)30(27)28/h8-11,18,20-21,27-29,31,48H,12-17,19H2,1-7H3,(H,44,47)/t21-,27?,28+,29?,31-,35-,36-/m0/s1. The Kier molecular flexibility index (Phi) is 9.90. The van der Waals surface area contributed by atoms with Crippen molar-refractivity contribution in [3.05, 3.63) is 58.2 Å². The number of fused-ring (bicyclic) bond motifs is 4. The van der Waals surface area contributed by atoms with Crippen LogP contribution < -0.4 is 5.32 Å². The zero-order chi connectivity index (χ0) is 37.2. The fraction of sp³-hybridized carbons (Fsp3) is 0.658. The molecule has 0 spiro atoms. The fourth-order valence-corrected chi connectivity index (χ4v) is 8.96. The van der Waals surface area contributed by atoms with Crippen LogP contribution in [-0.2, 0) is 19.1 Å². The third-order valence-corrected chi connectivity index (χ3v) is 11.5. The number of allylic oxidation sites excluding steroid dienone is 4. The van der Waals surface area contributed by atoms with Crippen LogP contribution in [-0.4, -0.2) is 52.3 Å². The Hall–Kier alpha value is -3.28. The van der Waals surface area contributed by atoms with Gasteiger partial charge in [-0.15, -0.1) is 0 Å². The minimum absolute atomic E-state index is 0.00828. The van der Waals surface area contributed by atoms with Crippen LogP contribution in [0.3, 0.4) is 0 Å². The summed E-state index contributed by atoms with van der Waals surface area (Å²) in [5.41, 5.74) is -1.70. The molecule has 0 saturated heterocycles. The first-order valence-corrected chi connectivity index (χ1v) is 17.4. The number of ketones is 1. The summed E-state index contributed by atoms with van der Waals surface area (Å²) < 4.78 is 83.2. The van der Waals surface area contributed by atoms with Crippen LogP contribution >= 0.6 is 0 Å². The summed E-state index contributed by atoms with van der Waals surface area (Å²) in [5.74, 6) is -7.80. The second-order valence-corrected chi connectivity index (χ2v) is 16.1. The zero-order valence-electron chi connectivity index (χ0n) is 29.7. The van der Waals surface area contributed by atoms with E-state index in [1.165, 1.54) is 6.92 Å². The molecule has 276 valence electrons. The lowest BCUT2D eigenvalue weighted by atomic mass is 9.50. The Labute approximate surface area is 290 Å². The van der Waals surface area contributed by atoms with Gasteiger partial charge in [0.25, 0.3) is 0 Å². The summed E-state index contributed by atoms with van der Waals surface area (Å²) in [6.07, 6.45) is -4.79. The van der Waals surface area contributed by atoms with Crippen molar-refractivity contribution in [3.8, 4) is 0 Å². The normalized spacial score (nSPS) is 29.8. The van der Waals surface area contributed by atoms with Crippen LogP contribution in [0.25, 0.3) is 0 Å². The lowest BCUT2D eigenvalue weighted by Gasteiger charge is -2.56. The molecule has 0 radical (unpaired) electrons. The molecule has 5 rings (SSSR count). The molecule has 1 amide bonds. The number of rotatable bonds is 7. The number of hydrogen-bond acceptors (Lipinski definition) is 6. The van der Waals surface area contributed by atoms with E-state index in [2.05, 4.69) is 5.32 Å². The van der Waals surface area contributed by atoms with Gasteiger partial charge in [0, 0.05) is 17.8 Å². The highest BCUT2D eigenvalue weighted by atomic mass is 19.4. The van der Waals surface area contributed by atoms with Crippen molar-refractivity contribution in [1.29, 1.82) is 0 Å². The molecule has 4 aliphatic rings. The number of aliphatic hydroxyl groups is 1. The minimum Gasteiger partial charge on any atom is -0.456 e. The van der Waals surface area contributed by atoms with Gasteiger partial charge < -0.3 is 19.9 Å². The lowest BCUT2D eigenvalue weighted by molar-refractivity contribution is -0.362. The first-order valence-electron chi connectivity index (χ1n) is 17.4. The van der Waals surface area contributed by atoms with Crippen molar-refractivity contribution in [2.45, 2.75) is 135 Å². The molecule has 7 atom stereocenters. The Balaban J connectivity index is 1.46. The molecular weight excluding hydrogens is 661 g/mol. The predicted octanol–water partition coefficient (Wildman–Crippen LogP) is 8.67. The van der Waals surface area contributed by atoms with E-state index < -0.39 is 71.2 Å². The summed E-state index contributed by atoms with van der Waals surface area (Å²) >= 11 is 0. The van der Waals surface area contributed by atoms with Crippen molar-refractivity contribution < 1.29 is 50.9 Å². The number of halogens is 5. The molecule has 0 bridgehead atoms. The quantitative estimate of drug-likeness (QED) is 0.217. The number of benzene rings is 1. The molecule has 2 saturated carbocycles. The van der Waals surface area contributed by atoms with Crippen LogP contribution in [0.4, 0.5) is 26.7 Å². The molecule has 0 aromatic heterocycles. The number of carbonyl (C=O) groups is 3. The van der Waals surface area contributed by atoms with Crippen LogP contribution in [0.2, 0.25) is 0 Å². The van der Waals surface area contributed by atoms with Gasteiger partial charge in [0.1, 0.15) is 23.3 Å². The van der Waals surface area contributed by atoms with Crippen molar-refractivity contribution in [1.82, 2.24) is 5.32 Å². The monoisotopic (exact) mass is 709 g/mol. The van der Waals surface area contributed by atoms with Crippen molar-refractivity contribution in [2.24, 2.45) is 23.2 Å². The SMILES string of the molecule is CC(C)[C@H](NC(=O)OC(C)(C)C)C(=O)O[C@@H](C)c1ccc([C@H]2C[C@@]3(C)C(CC[C@@]3(O)C(F)(F)C(F)(F)F)C3CCC4=CC(=O)CCC4=C32)cc1. The fourth-order valence-electron chi connectivity index (χ4n) is 8.96. The average molecular weight is 710 g/mol. The Bertz CT molecular complexity index is 1570. The highest BCUT2D eigenvalue weighted by Gasteiger charge is 2.79. The lowest BCUT2D eigenvalue weighted by Crippen LogP contribution is -2.65. The molecule has 1 aromatic rings. The second kappa shape index (κ2) is 13.0. The maximum Gasteiger partial charge on any atom is 0.456 e. The van der Waals surface area contributed by atoms with Crippen molar-refractivity contribution in [2.75, 3.05) is 0 Å². The number of amides is 1. The van der Waals surface area contributed by atoms with Gasteiger partial charge in [0.2, 0.25) is 0 Å². The highest BCUT2D eigenvalue weighted by molar-refractivity contribution is 5.93. The van der Waals surface area contributed by atoms with Gasteiger partial charge in [-0.05, 0) is 112 Å². The van der Waals surface area contributed by atoms with Crippen LogP contribution in [0.15, 0.2) is 47.1 Å². The van der Waals surface area contributed by atoms with Crippen molar-refractivity contribution in [3.63, 3.8) is 0 Å². The molecule has 2 fully saturated rings. The Morgan fingerprint density at radius 2 is 1.62 bits per heavy atom. The third-order valence-electron chi connectivity index (χ3n) is 11.5. The van der Waals surface area contributed by atoms with E-state index in [4.69, 9.17) is 9.47 Å². The van der Waals surface area contributed by atoms with E-state index in [-0.39, 0.29) is 30.5 Å². The molecule has 2 N–H and O–H groups in total. The van der Waals surface area contributed by atoms with E-state index >= 15 is 8.78 Å². The van der Waals surface area contributed by atoms with E-state index in [0.717, 1.165) is 16.7 Å². The van der Waals surface area contributed by atoms with E-state index in [9.17, 15) is 32.7 Å². The molecule has 0 heterocycles. The predicted molar refractivity (Wildman–Crippen MR) is 175 cm³/mol. The zero-order valence-corrected chi connectivity index (χ0v) is 29.7. The van der Waals surface area contributed by atoms with Gasteiger partial charge in [0.15, 0.2) is 5.78 Å². The van der Waals surface area contributed by atoms with Gasteiger partial charge in [-0.3, -0.25) is 4.79 Å². The molecule has 12 heteroatoms. The first kappa shape index (κ1) is 38.0. The van der Waals surface area contributed by atoms with Gasteiger partial charge in [-0.25, -0.2) is 9.59 Å². The first-order chi connectivity index (χ1) is 23.0. The van der Waals surface area contributed by atoms with Crippen LogP contribution in [0.1, 0.15) is 117 Å². The van der Waals surface area contributed by atoms with Crippen LogP contribution in [0.5, 0.6) is 0 Å². The summed E-state index contributed by atoms with van der Waals surface area (Å²) in [6.45, 7) is 11.7. The second-order valence-electron chi connectivity index (χ2n) is 16.1. The van der Waals surface area contributed by atoms with Gasteiger partial charge in [0.05, 0.1) is 0 Å². The maximum atomic E-state index is 15.3. The molecule has 2 unspecified atom stereocenters. The van der Waals surface area contributed by atoms with Crippen LogP contribution in [0, 0.1) is 23.2 Å². The highest BCUT2D eigenvalue weighted by Crippen LogP contribution is 2.70. The molecule has 7 nitrogen and oxygen atoms in total. The molecule has 1 aromatic carbocycles. The summed E-state index contributed by atoms with van der Waals surface area (Å²) in [7, 11) is 0. The van der Waals surface area contributed by atoms with E-state index in [1.807, 2.05) is 0 Å². The van der Waals surface area contributed by atoms with Gasteiger partial charge >= 0.3 is 24.2 Å². The third kappa shape index (κ3) is 6.61. The molecular formula is C38H48F5NO6. The average Bonchev–Trinajstić information content (AvgIpc) is 3.28. The summed E-state index contributed by atoms with van der Waals surface area (Å²) in [4.78, 5) is 37.9. The number of carbonyl (C=O) groups excluding carboxylic acids is 3. The number of nitrogens with one attached hydrogen (secondary N) is 1. The van der Waals surface area contributed by atoms with Crippen molar-refractivity contribution >= 4 is 17.8 Å². The number of alkyl halides is 5. The number of esters is 1. The van der Waals surface area contributed by atoms with Gasteiger partial charge in [-0.2, -0.15) is 22.0 Å². The van der Waals surface area contributed by atoms with Gasteiger partial charge in [-0.1, -0.05) is 50.6 Å². The topological polar surface area (TPSA) is 102 Å². The Morgan fingerprint density at radius 1 is 0.980 bits per heavy atom. The smallest absolute Gasteiger partial charge is 0.456 e. The molecule has 4 aliphatic carbocycles. The minimum atomic E-state index is -5.92. The summed E-state index contributed by atoms with van der Waals surface area (Å²) in [6, 6.07) is 5.99. The van der Waals surface area contributed by atoms with E-state index in [0.29, 0.717) is 36.8 Å².